The van der Waals surface area contributed by atoms with Crippen molar-refractivity contribution < 1.29 is 4.74 Å². The fourth-order valence-corrected chi connectivity index (χ4v) is 1.10. The van der Waals surface area contributed by atoms with Crippen molar-refractivity contribution in [3.8, 4) is 11.8 Å². The average molecular weight is 190 g/mol. The lowest BCUT2D eigenvalue weighted by Crippen LogP contribution is -1.99. The Morgan fingerprint density at radius 3 is 2.79 bits per heavy atom. The van der Waals surface area contributed by atoms with Gasteiger partial charge in [-0.2, -0.15) is 5.26 Å². The lowest BCUT2D eigenvalue weighted by molar-refractivity contribution is 0.309. The minimum absolute atomic E-state index is 0.591. The second-order valence-corrected chi connectivity index (χ2v) is 3.00. The van der Waals surface area contributed by atoms with Crippen LogP contribution in [0.15, 0.2) is 24.3 Å². The molecule has 0 spiro atoms. The molecule has 0 aliphatic heterocycles. The minimum atomic E-state index is 0.591. The highest BCUT2D eigenvalue weighted by molar-refractivity contribution is 5.51. The van der Waals surface area contributed by atoms with Crippen LogP contribution < -0.4 is 10.5 Å². The van der Waals surface area contributed by atoms with E-state index in [2.05, 4.69) is 6.07 Å². The largest absolute Gasteiger partial charge is 0.491 e. The zero-order valence-electron chi connectivity index (χ0n) is 8.07. The molecule has 1 aromatic carbocycles. The zero-order chi connectivity index (χ0) is 10.2. The number of ether oxygens (including phenoxy) is 1. The SMILES string of the molecule is N#CCCCCOc1ccccc1N. The van der Waals surface area contributed by atoms with Crippen LogP contribution >= 0.6 is 0 Å². The molecule has 0 aliphatic carbocycles. The van der Waals surface area contributed by atoms with Gasteiger partial charge in [0.2, 0.25) is 0 Å². The topological polar surface area (TPSA) is 59.0 Å². The molecule has 1 aromatic rings. The van der Waals surface area contributed by atoms with Crippen molar-refractivity contribution in [1.82, 2.24) is 0 Å². The molecule has 3 nitrogen and oxygen atoms in total. The quantitative estimate of drug-likeness (QED) is 0.572. The van der Waals surface area contributed by atoms with Gasteiger partial charge in [-0.25, -0.2) is 0 Å². The van der Waals surface area contributed by atoms with E-state index >= 15 is 0 Å². The highest BCUT2D eigenvalue weighted by atomic mass is 16.5. The van der Waals surface area contributed by atoms with Gasteiger partial charge in [0.15, 0.2) is 0 Å². The van der Waals surface area contributed by atoms with E-state index in [4.69, 9.17) is 15.7 Å². The van der Waals surface area contributed by atoms with Crippen LogP contribution in [0, 0.1) is 11.3 Å². The van der Waals surface area contributed by atoms with E-state index in [1.807, 2.05) is 24.3 Å². The molecule has 0 heterocycles. The number of hydrogen-bond donors (Lipinski definition) is 1. The summed E-state index contributed by atoms with van der Waals surface area (Å²) < 4.78 is 5.45. The van der Waals surface area contributed by atoms with Crippen LogP contribution in [0.25, 0.3) is 0 Å². The number of hydrogen-bond acceptors (Lipinski definition) is 3. The van der Waals surface area contributed by atoms with Gasteiger partial charge >= 0.3 is 0 Å². The van der Waals surface area contributed by atoms with Crippen molar-refractivity contribution in [2.24, 2.45) is 0 Å². The Balaban J connectivity index is 2.25. The first kappa shape index (κ1) is 10.4. The first-order valence-electron chi connectivity index (χ1n) is 4.69. The zero-order valence-corrected chi connectivity index (χ0v) is 8.07. The standard InChI is InChI=1S/C11H14N2O/c12-8-4-1-5-9-14-11-7-3-2-6-10(11)13/h2-3,6-7H,1,4-5,9,13H2. The van der Waals surface area contributed by atoms with Crippen LogP contribution in [-0.2, 0) is 0 Å². The third-order valence-corrected chi connectivity index (χ3v) is 1.86. The molecule has 2 N–H and O–H groups in total. The lowest BCUT2D eigenvalue weighted by Gasteiger charge is -2.07. The number of benzene rings is 1. The van der Waals surface area contributed by atoms with Crippen molar-refractivity contribution >= 4 is 5.69 Å². The van der Waals surface area contributed by atoms with Crippen LogP contribution in [0.3, 0.4) is 0 Å². The molecule has 0 atom stereocenters. The van der Waals surface area contributed by atoms with Gasteiger partial charge in [0, 0.05) is 6.42 Å². The Kier molecular flexibility index (Phi) is 4.36. The summed E-state index contributed by atoms with van der Waals surface area (Å²) in [7, 11) is 0. The van der Waals surface area contributed by atoms with Crippen molar-refractivity contribution in [3.05, 3.63) is 24.3 Å². The maximum atomic E-state index is 8.32. The van der Waals surface area contributed by atoms with Crippen molar-refractivity contribution in [2.45, 2.75) is 19.3 Å². The molecule has 0 bridgehead atoms. The Hall–Kier alpha value is -1.69. The van der Waals surface area contributed by atoms with Crippen molar-refractivity contribution in [2.75, 3.05) is 12.3 Å². The smallest absolute Gasteiger partial charge is 0.142 e. The van der Waals surface area contributed by atoms with Crippen LogP contribution in [0.2, 0.25) is 0 Å². The number of nitriles is 1. The number of nitrogens with zero attached hydrogens (tertiary/aromatic N) is 1. The fourth-order valence-electron chi connectivity index (χ4n) is 1.10. The molecule has 0 fully saturated rings. The third-order valence-electron chi connectivity index (χ3n) is 1.86. The summed E-state index contributed by atoms with van der Waals surface area (Å²) in [6.07, 6.45) is 2.36. The summed E-state index contributed by atoms with van der Waals surface area (Å²) in [6.45, 7) is 0.621. The summed E-state index contributed by atoms with van der Waals surface area (Å²) in [6, 6.07) is 9.52. The maximum Gasteiger partial charge on any atom is 0.142 e. The Bertz CT molecular complexity index is 317. The normalized spacial score (nSPS) is 9.36. The lowest BCUT2D eigenvalue weighted by atomic mass is 10.2. The molecular formula is C11H14N2O. The molecule has 0 saturated heterocycles. The second-order valence-electron chi connectivity index (χ2n) is 3.00. The van der Waals surface area contributed by atoms with Gasteiger partial charge < -0.3 is 10.5 Å². The van der Waals surface area contributed by atoms with E-state index in [1.54, 1.807) is 0 Å². The molecule has 0 amide bonds. The Morgan fingerprint density at radius 2 is 2.07 bits per heavy atom. The van der Waals surface area contributed by atoms with Crippen LogP contribution in [0.1, 0.15) is 19.3 Å². The number of anilines is 1. The van der Waals surface area contributed by atoms with E-state index in [0.29, 0.717) is 18.7 Å². The second kappa shape index (κ2) is 5.87. The Labute approximate surface area is 84.1 Å². The van der Waals surface area contributed by atoms with Crippen LogP contribution in [0.4, 0.5) is 5.69 Å². The predicted octanol–water partition coefficient (Wildman–Crippen LogP) is 2.34. The molecule has 0 radical (unpaired) electrons. The number of unbranched alkanes of at least 4 members (excludes halogenated alkanes) is 2. The van der Waals surface area contributed by atoms with E-state index in [-0.39, 0.29) is 0 Å². The molecule has 1 rings (SSSR count). The van der Waals surface area contributed by atoms with E-state index < -0.39 is 0 Å². The van der Waals surface area contributed by atoms with Crippen LogP contribution in [0.5, 0.6) is 5.75 Å². The van der Waals surface area contributed by atoms with E-state index in [0.717, 1.165) is 18.6 Å². The Morgan fingerprint density at radius 1 is 1.29 bits per heavy atom. The molecule has 0 aromatic heterocycles. The van der Waals surface area contributed by atoms with E-state index in [1.165, 1.54) is 0 Å². The van der Waals surface area contributed by atoms with Crippen LogP contribution in [-0.4, -0.2) is 6.61 Å². The fraction of sp³-hybridized carbons (Fsp3) is 0.364. The summed E-state index contributed by atoms with van der Waals surface area (Å²) in [5.41, 5.74) is 6.34. The summed E-state index contributed by atoms with van der Waals surface area (Å²) in [5, 5.41) is 8.32. The predicted molar refractivity (Wildman–Crippen MR) is 55.8 cm³/mol. The summed E-state index contributed by atoms with van der Waals surface area (Å²) >= 11 is 0. The molecule has 74 valence electrons. The molecule has 3 heteroatoms. The minimum Gasteiger partial charge on any atom is -0.491 e. The summed E-state index contributed by atoms with van der Waals surface area (Å²) in [5.74, 6) is 0.726. The van der Waals surface area contributed by atoms with Gasteiger partial charge in [-0.05, 0) is 25.0 Å². The molecule has 0 unspecified atom stereocenters. The van der Waals surface area contributed by atoms with Gasteiger partial charge in [0.05, 0.1) is 18.4 Å². The number of para-hydroxylation sites is 2. The van der Waals surface area contributed by atoms with Gasteiger partial charge in [-0.15, -0.1) is 0 Å². The third kappa shape index (κ3) is 3.36. The van der Waals surface area contributed by atoms with Gasteiger partial charge in [-0.3, -0.25) is 0 Å². The van der Waals surface area contributed by atoms with Gasteiger partial charge in [0.25, 0.3) is 0 Å². The number of nitrogens with two attached hydrogens (primary N) is 1. The molecule has 14 heavy (non-hydrogen) atoms. The van der Waals surface area contributed by atoms with Crippen molar-refractivity contribution in [3.63, 3.8) is 0 Å². The van der Waals surface area contributed by atoms with Gasteiger partial charge in [0.1, 0.15) is 5.75 Å². The number of nitrogen functional groups attached to an aromatic ring is 1. The molecule has 0 saturated carbocycles. The van der Waals surface area contributed by atoms with Crippen molar-refractivity contribution in [1.29, 1.82) is 5.26 Å². The highest BCUT2D eigenvalue weighted by Gasteiger charge is 1.97. The summed E-state index contributed by atoms with van der Waals surface area (Å²) in [4.78, 5) is 0. The monoisotopic (exact) mass is 190 g/mol. The van der Waals surface area contributed by atoms with Gasteiger partial charge in [-0.1, -0.05) is 12.1 Å². The average Bonchev–Trinajstić information content (AvgIpc) is 2.20. The highest BCUT2D eigenvalue weighted by Crippen LogP contribution is 2.19. The maximum absolute atomic E-state index is 8.32. The number of rotatable bonds is 5. The first-order chi connectivity index (χ1) is 6.84. The first-order valence-corrected chi connectivity index (χ1v) is 4.69. The molecular weight excluding hydrogens is 176 g/mol. The molecule has 0 aliphatic rings. The van der Waals surface area contributed by atoms with E-state index in [9.17, 15) is 0 Å².